The van der Waals surface area contributed by atoms with Gasteiger partial charge in [-0.25, -0.2) is 0 Å². The van der Waals surface area contributed by atoms with Crippen LogP contribution in [0.1, 0.15) is 32.1 Å². The lowest BCUT2D eigenvalue weighted by molar-refractivity contribution is 0.272. The lowest BCUT2D eigenvalue weighted by atomic mass is 10.0. The summed E-state index contributed by atoms with van der Waals surface area (Å²) in [6, 6.07) is 1.43. The van der Waals surface area contributed by atoms with E-state index in [2.05, 4.69) is 0 Å². The quantitative estimate of drug-likeness (QED) is 0.474. The number of ether oxygens (including phenoxy) is 1. The lowest BCUT2D eigenvalue weighted by Crippen LogP contribution is -2.31. The molecule has 0 aromatic rings. The third-order valence-corrected chi connectivity index (χ3v) is 7.08. The molecule has 0 aromatic carbocycles. The zero-order valence-corrected chi connectivity index (χ0v) is 9.23. The average Bonchev–Trinajstić information content (AvgIpc) is 2.96. The molecule has 74 valence electrons. The van der Waals surface area contributed by atoms with E-state index in [-0.39, 0.29) is 0 Å². The van der Waals surface area contributed by atoms with Crippen molar-refractivity contribution in [2.45, 2.75) is 55.9 Å². The van der Waals surface area contributed by atoms with Gasteiger partial charge in [0.05, 0.1) is 12.2 Å². The average molecular weight is 198 g/mol. The molecule has 2 aliphatic heterocycles. The van der Waals surface area contributed by atoms with Crippen molar-refractivity contribution < 1.29 is 9.16 Å². The third-order valence-electron chi connectivity index (χ3n) is 3.79. The van der Waals surface area contributed by atoms with Crippen LogP contribution in [-0.2, 0) is 9.16 Å². The number of hydrogen-bond acceptors (Lipinski definition) is 2. The fourth-order valence-electron chi connectivity index (χ4n) is 2.91. The summed E-state index contributed by atoms with van der Waals surface area (Å²) in [5.74, 6) is 0. The van der Waals surface area contributed by atoms with E-state index in [0.29, 0.717) is 12.2 Å². The first kappa shape index (κ1) is 8.45. The van der Waals surface area contributed by atoms with Gasteiger partial charge in [0.25, 0.3) is 0 Å². The minimum atomic E-state index is -0.799. The van der Waals surface area contributed by atoms with Gasteiger partial charge in [-0.1, -0.05) is 6.42 Å². The summed E-state index contributed by atoms with van der Waals surface area (Å²) >= 11 is 0. The zero-order chi connectivity index (χ0) is 8.67. The summed E-state index contributed by atoms with van der Waals surface area (Å²) in [7, 11) is -0.799. The molecule has 0 aromatic heterocycles. The van der Waals surface area contributed by atoms with Gasteiger partial charge in [0, 0.05) is 6.61 Å². The highest BCUT2D eigenvalue weighted by Gasteiger charge is 2.46. The normalized spacial score (nSPS) is 49.8. The Morgan fingerprint density at radius 1 is 1.08 bits per heavy atom. The summed E-state index contributed by atoms with van der Waals surface area (Å²) in [4.78, 5) is 0. The molecule has 0 N–H and O–H groups in total. The van der Waals surface area contributed by atoms with Gasteiger partial charge in [-0.05, 0) is 37.3 Å². The fourth-order valence-corrected chi connectivity index (χ4v) is 6.12. The molecule has 0 spiro atoms. The van der Waals surface area contributed by atoms with Gasteiger partial charge in [0.2, 0.25) is 0 Å². The Morgan fingerprint density at radius 2 is 2.08 bits per heavy atom. The van der Waals surface area contributed by atoms with Crippen molar-refractivity contribution in [3.63, 3.8) is 0 Å². The zero-order valence-electron chi connectivity index (χ0n) is 8.08. The van der Waals surface area contributed by atoms with Crippen LogP contribution in [0.4, 0.5) is 0 Å². The molecule has 2 nitrogen and oxygen atoms in total. The van der Waals surface area contributed by atoms with Gasteiger partial charge in [-0.15, -0.1) is 0 Å². The first-order chi connectivity index (χ1) is 6.43. The van der Waals surface area contributed by atoms with Crippen molar-refractivity contribution in [1.82, 2.24) is 0 Å². The van der Waals surface area contributed by atoms with Crippen LogP contribution in [0.25, 0.3) is 0 Å². The van der Waals surface area contributed by atoms with E-state index in [1.807, 2.05) is 0 Å². The molecule has 0 amide bonds. The topological polar surface area (TPSA) is 21.8 Å². The molecule has 2 saturated heterocycles. The Hall–Kier alpha value is 0.137. The molecule has 0 bridgehead atoms. The second kappa shape index (κ2) is 3.37. The summed E-state index contributed by atoms with van der Waals surface area (Å²) in [6.07, 6.45) is 8.11. The van der Waals surface area contributed by atoms with E-state index in [4.69, 9.17) is 9.16 Å². The maximum atomic E-state index is 5.97. The third kappa shape index (κ3) is 1.69. The fraction of sp³-hybridized carbons (Fsp3) is 1.00. The Kier molecular flexibility index (Phi) is 2.19. The minimum absolute atomic E-state index is 0.650. The molecule has 4 unspecified atom stereocenters. The molecule has 4 atom stereocenters. The highest BCUT2D eigenvalue weighted by atomic mass is 28.3. The number of fused-ring (bicyclic) bond motifs is 1. The van der Waals surface area contributed by atoms with Crippen LogP contribution in [0.15, 0.2) is 0 Å². The molecule has 3 heteroatoms. The second-order valence-corrected chi connectivity index (χ2v) is 7.62. The van der Waals surface area contributed by atoms with Crippen molar-refractivity contribution in [3.05, 3.63) is 0 Å². The monoisotopic (exact) mass is 198 g/mol. The van der Waals surface area contributed by atoms with E-state index in [1.165, 1.54) is 38.1 Å². The van der Waals surface area contributed by atoms with E-state index in [0.717, 1.165) is 12.1 Å². The second-order valence-electron chi connectivity index (χ2n) is 4.69. The molecule has 1 aliphatic carbocycles. The molecule has 3 rings (SSSR count). The Bertz CT molecular complexity index is 191. The molecule has 1 saturated carbocycles. The summed E-state index contributed by atoms with van der Waals surface area (Å²) in [5, 5.41) is 0. The van der Waals surface area contributed by atoms with E-state index >= 15 is 0 Å². The highest BCUT2D eigenvalue weighted by Crippen LogP contribution is 2.44. The van der Waals surface area contributed by atoms with Crippen molar-refractivity contribution in [1.29, 1.82) is 0 Å². The lowest BCUT2D eigenvalue weighted by Gasteiger charge is -2.30. The van der Waals surface area contributed by atoms with Crippen LogP contribution in [-0.4, -0.2) is 27.9 Å². The number of rotatable bonds is 1. The van der Waals surface area contributed by atoms with Gasteiger partial charge >= 0.3 is 0 Å². The maximum absolute atomic E-state index is 5.97. The maximum Gasteiger partial charge on any atom is 0.180 e. The van der Waals surface area contributed by atoms with Gasteiger partial charge < -0.3 is 9.16 Å². The summed E-state index contributed by atoms with van der Waals surface area (Å²) in [5.41, 5.74) is 0.948. The Morgan fingerprint density at radius 3 is 2.85 bits per heavy atom. The van der Waals surface area contributed by atoms with Crippen LogP contribution in [0.5, 0.6) is 0 Å². The molecular weight excluding hydrogens is 180 g/mol. The van der Waals surface area contributed by atoms with Gasteiger partial charge in [-0.3, -0.25) is 0 Å². The van der Waals surface area contributed by atoms with Crippen LogP contribution < -0.4 is 0 Å². The predicted molar refractivity (Wildman–Crippen MR) is 53.4 cm³/mol. The van der Waals surface area contributed by atoms with Crippen molar-refractivity contribution in [2.24, 2.45) is 0 Å². The Balaban J connectivity index is 1.57. The Labute approximate surface area is 81.3 Å². The van der Waals surface area contributed by atoms with Gasteiger partial charge in [-0.2, -0.15) is 0 Å². The van der Waals surface area contributed by atoms with Crippen LogP contribution in [0.3, 0.4) is 0 Å². The smallest absolute Gasteiger partial charge is 0.180 e. The molecule has 0 radical (unpaired) electrons. The largest absolute Gasteiger partial charge is 0.420 e. The number of epoxide rings is 1. The SMILES string of the molecule is C1CC[SiH](C2CCC3OC3C2)OC1. The highest BCUT2D eigenvalue weighted by molar-refractivity contribution is 6.53. The molecule has 2 heterocycles. The first-order valence-electron chi connectivity index (χ1n) is 5.70. The van der Waals surface area contributed by atoms with Crippen molar-refractivity contribution in [3.8, 4) is 0 Å². The van der Waals surface area contributed by atoms with Crippen molar-refractivity contribution in [2.75, 3.05) is 6.61 Å². The van der Waals surface area contributed by atoms with E-state index < -0.39 is 9.04 Å². The molecular formula is C10H18O2Si. The standard InChI is InChI=1S/C10H18O2Si/c1-2-6-13(11-5-1)8-3-4-9-10(7-8)12-9/h8-10,13H,1-7H2. The van der Waals surface area contributed by atoms with Crippen LogP contribution in [0, 0.1) is 0 Å². The predicted octanol–water partition coefficient (Wildman–Crippen LogP) is 1.84. The van der Waals surface area contributed by atoms with Crippen LogP contribution in [0.2, 0.25) is 11.6 Å². The molecule has 3 fully saturated rings. The first-order valence-corrected chi connectivity index (χ1v) is 7.66. The molecule has 13 heavy (non-hydrogen) atoms. The van der Waals surface area contributed by atoms with Crippen molar-refractivity contribution >= 4 is 9.04 Å². The molecule has 3 aliphatic rings. The minimum Gasteiger partial charge on any atom is -0.420 e. The number of hydrogen-bond donors (Lipinski definition) is 0. The van der Waals surface area contributed by atoms with Gasteiger partial charge in [0.15, 0.2) is 9.04 Å². The van der Waals surface area contributed by atoms with E-state index in [9.17, 15) is 0 Å². The van der Waals surface area contributed by atoms with Crippen LogP contribution >= 0.6 is 0 Å². The summed E-state index contributed by atoms with van der Waals surface area (Å²) < 4.78 is 11.5. The van der Waals surface area contributed by atoms with E-state index in [1.54, 1.807) is 0 Å². The van der Waals surface area contributed by atoms with Gasteiger partial charge in [0.1, 0.15) is 0 Å². The summed E-state index contributed by atoms with van der Waals surface area (Å²) in [6.45, 7) is 1.06.